The van der Waals surface area contributed by atoms with Crippen LogP contribution in [0.15, 0.2) is 59.8 Å². The van der Waals surface area contributed by atoms with E-state index in [2.05, 4.69) is 22.9 Å². The first kappa shape index (κ1) is 16.4. The van der Waals surface area contributed by atoms with Gasteiger partial charge in [0.15, 0.2) is 0 Å². The van der Waals surface area contributed by atoms with Gasteiger partial charge in [-0.3, -0.25) is 0 Å². The molecule has 0 aromatic heterocycles. The molecule has 0 N–H and O–H groups in total. The zero-order valence-corrected chi connectivity index (χ0v) is 13.0. The van der Waals surface area contributed by atoms with Crippen LogP contribution in [0.25, 0.3) is 0 Å². The van der Waals surface area contributed by atoms with Crippen molar-refractivity contribution in [3.63, 3.8) is 0 Å². The molecule has 2 aromatic rings. The SMILES string of the molecule is C#Cc1ccccc1C#CCCC/C=N/OCc1ccccc1. The molecule has 0 fully saturated rings. The summed E-state index contributed by atoms with van der Waals surface area (Å²) in [6, 6.07) is 17.7. The Morgan fingerprint density at radius 1 is 1.00 bits per heavy atom. The Morgan fingerprint density at radius 3 is 2.52 bits per heavy atom. The third kappa shape index (κ3) is 6.12. The van der Waals surface area contributed by atoms with E-state index in [0.717, 1.165) is 36.0 Å². The minimum absolute atomic E-state index is 0.500. The van der Waals surface area contributed by atoms with Crippen LogP contribution in [0.2, 0.25) is 0 Å². The summed E-state index contributed by atoms with van der Waals surface area (Å²) in [5, 5.41) is 3.95. The summed E-state index contributed by atoms with van der Waals surface area (Å²) in [5.74, 6) is 8.91. The lowest BCUT2D eigenvalue weighted by atomic mass is 10.1. The highest BCUT2D eigenvalue weighted by atomic mass is 16.6. The first-order valence-electron chi connectivity index (χ1n) is 7.62. The summed E-state index contributed by atoms with van der Waals surface area (Å²) in [6.07, 6.45) is 9.84. The smallest absolute Gasteiger partial charge is 0.142 e. The van der Waals surface area contributed by atoms with Gasteiger partial charge in [0.05, 0.1) is 0 Å². The second kappa shape index (κ2) is 9.87. The van der Waals surface area contributed by atoms with Crippen LogP contribution in [-0.4, -0.2) is 6.21 Å². The molecule has 0 aliphatic heterocycles. The van der Waals surface area contributed by atoms with Crippen molar-refractivity contribution < 1.29 is 4.84 Å². The number of nitrogens with zero attached hydrogens (tertiary/aromatic N) is 1. The van der Waals surface area contributed by atoms with Crippen molar-refractivity contribution in [2.75, 3.05) is 0 Å². The first-order valence-corrected chi connectivity index (χ1v) is 7.62. The van der Waals surface area contributed by atoms with E-state index >= 15 is 0 Å². The van der Waals surface area contributed by atoms with Crippen molar-refractivity contribution in [2.24, 2.45) is 5.16 Å². The lowest BCUT2D eigenvalue weighted by molar-refractivity contribution is 0.131. The lowest BCUT2D eigenvalue weighted by Crippen LogP contribution is -1.86. The summed E-state index contributed by atoms with van der Waals surface area (Å²) in [7, 11) is 0. The normalized spacial score (nSPS) is 9.87. The van der Waals surface area contributed by atoms with Crippen LogP contribution < -0.4 is 0 Å². The standard InChI is InChI=1S/C21H19NO/c1-2-20-14-9-10-16-21(20)15-8-3-4-11-17-22-23-18-19-12-6-5-7-13-19/h1,5-7,9-10,12-14,16-17H,3-4,11,18H2/b22-17+. The van der Waals surface area contributed by atoms with Gasteiger partial charge >= 0.3 is 0 Å². The van der Waals surface area contributed by atoms with Gasteiger partial charge in [-0.05, 0) is 30.5 Å². The minimum atomic E-state index is 0.500. The summed E-state index contributed by atoms with van der Waals surface area (Å²) < 4.78 is 0. The molecule has 0 aliphatic rings. The minimum Gasteiger partial charge on any atom is -0.391 e. The molecule has 2 aromatic carbocycles. The molecule has 0 saturated heterocycles. The van der Waals surface area contributed by atoms with Gasteiger partial charge in [-0.25, -0.2) is 0 Å². The highest BCUT2D eigenvalue weighted by molar-refractivity contribution is 5.56. The van der Waals surface area contributed by atoms with Gasteiger partial charge in [0, 0.05) is 23.8 Å². The molecule has 2 rings (SSSR count). The molecule has 2 nitrogen and oxygen atoms in total. The van der Waals surface area contributed by atoms with Crippen LogP contribution in [0.1, 0.15) is 36.0 Å². The average Bonchev–Trinajstić information content (AvgIpc) is 2.61. The quantitative estimate of drug-likeness (QED) is 0.335. The van der Waals surface area contributed by atoms with Crippen LogP contribution >= 0.6 is 0 Å². The molecule has 0 radical (unpaired) electrons. The number of hydrogen-bond acceptors (Lipinski definition) is 2. The number of rotatable bonds is 6. The average molecular weight is 301 g/mol. The van der Waals surface area contributed by atoms with Crippen LogP contribution in [0.4, 0.5) is 0 Å². The molecule has 0 bridgehead atoms. The molecule has 0 amide bonds. The molecule has 114 valence electrons. The van der Waals surface area contributed by atoms with Gasteiger partial charge in [-0.2, -0.15) is 0 Å². The Morgan fingerprint density at radius 2 is 1.74 bits per heavy atom. The van der Waals surface area contributed by atoms with Crippen molar-refractivity contribution in [3.8, 4) is 24.2 Å². The van der Waals surface area contributed by atoms with E-state index < -0.39 is 0 Å². The van der Waals surface area contributed by atoms with Crippen molar-refractivity contribution in [3.05, 3.63) is 71.3 Å². The maximum absolute atomic E-state index is 5.44. The van der Waals surface area contributed by atoms with Crippen molar-refractivity contribution in [2.45, 2.75) is 25.9 Å². The maximum atomic E-state index is 5.44. The summed E-state index contributed by atoms with van der Waals surface area (Å²) in [4.78, 5) is 5.24. The topological polar surface area (TPSA) is 21.6 Å². The number of benzene rings is 2. The summed E-state index contributed by atoms with van der Waals surface area (Å²) in [6.45, 7) is 0.500. The molecule has 23 heavy (non-hydrogen) atoms. The fourth-order valence-electron chi connectivity index (χ4n) is 1.95. The number of oxime groups is 1. The third-order valence-electron chi connectivity index (χ3n) is 3.16. The number of hydrogen-bond donors (Lipinski definition) is 0. The van der Waals surface area contributed by atoms with Gasteiger partial charge in [-0.1, -0.05) is 65.4 Å². The van der Waals surface area contributed by atoms with Crippen LogP contribution in [0.5, 0.6) is 0 Å². The zero-order chi connectivity index (χ0) is 16.2. The van der Waals surface area contributed by atoms with E-state index in [1.54, 1.807) is 6.21 Å². The molecular formula is C21H19NO. The van der Waals surface area contributed by atoms with E-state index in [1.165, 1.54) is 0 Å². The van der Waals surface area contributed by atoms with Gasteiger partial charge < -0.3 is 4.84 Å². The van der Waals surface area contributed by atoms with Gasteiger partial charge in [0.25, 0.3) is 0 Å². The van der Waals surface area contributed by atoms with Gasteiger partial charge in [0.1, 0.15) is 6.61 Å². The second-order valence-electron chi connectivity index (χ2n) is 4.93. The summed E-state index contributed by atoms with van der Waals surface area (Å²) in [5.41, 5.74) is 2.87. The van der Waals surface area contributed by atoms with E-state index in [1.807, 2.05) is 54.6 Å². The number of terminal acetylenes is 1. The Hall–Kier alpha value is -2.97. The van der Waals surface area contributed by atoms with Crippen LogP contribution in [0, 0.1) is 24.2 Å². The van der Waals surface area contributed by atoms with Gasteiger partial charge in [0.2, 0.25) is 0 Å². The Balaban J connectivity index is 1.64. The zero-order valence-electron chi connectivity index (χ0n) is 13.0. The Kier molecular flexibility index (Phi) is 7.04. The van der Waals surface area contributed by atoms with Crippen LogP contribution in [0.3, 0.4) is 0 Å². The first-order chi connectivity index (χ1) is 11.4. The van der Waals surface area contributed by atoms with Crippen molar-refractivity contribution in [1.82, 2.24) is 0 Å². The molecule has 0 atom stereocenters. The number of unbranched alkanes of at least 4 members (excludes halogenated alkanes) is 2. The molecule has 0 heterocycles. The molecule has 0 unspecified atom stereocenters. The Labute approximate surface area is 138 Å². The second-order valence-corrected chi connectivity index (χ2v) is 4.93. The highest BCUT2D eigenvalue weighted by Gasteiger charge is 1.93. The van der Waals surface area contributed by atoms with Crippen molar-refractivity contribution >= 4 is 6.21 Å². The summed E-state index contributed by atoms with van der Waals surface area (Å²) >= 11 is 0. The van der Waals surface area contributed by atoms with Crippen molar-refractivity contribution in [1.29, 1.82) is 0 Å². The molecule has 0 spiro atoms. The largest absolute Gasteiger partial charge is 0.391 e. The lowest BCUT2D eigenvalue weighted by Gasteiger charge is -1.98. The maximum Gasteiger partial charge on any atom is 0.142 e. The van der Waals surface area contributed by atoms with E-state index in [9.17, 15) is 0 Å². The third-order valence-corrected chi connectivity index (χ3v) is 3.16. The van der Waals surface area contributed by atoms with E-state index in [4.69, 9.17) is 11.3 Å². The molecule has 2 heteroatoms. The molecule has 0 aliphatic carbocycles. The monoisotopic (exact) mass is 301 g/mol. The van der Waals surface area contributed by atoms with Crippen LogP contribution in [-0.2, 0) is 11.4 Å². The fourth-order valence-corrected chi connectivity index (χ4v) is 1.95. The molecule has 0 saturated carbocycles. The van der Waals surface area contributed by atoms with Gasteiger partial charge in [-0.15, -0.1) is 6.42 Å². The van der Waals surface area contributed by atoms with E-state index in [0.29, 0.717) is 6.61 Å². The Bertz CT molecular complexity index is 730. The molecular weight excluding hydrogens is 282 g/mol. The predicted molar refractivity (Wildman–Crippen MR) is 94.8 cm³/mol. The highest BCUT2D eigenvalue weighted by Crippen LogP contribution is 2.05. The predicted octanol–water partition coefficient (Wildman–Crippen LogP) is 4.39. The fraction of sp³-hybridized carbons (Fsp3) is 0.190. The van der Waals surface area contributed by atoms with E-state index in [-0.39, 0.29) is 0 Å².